The van der Waals surface area contributed by atoms with Gasteiger partial charge in [-0.05, 0) is 25.0 Å². The monoisotopic (exact) mass is 248 g/mol. The molecule has 0 unspecified atom stereocenters. The second kappa shape index (κ2) is 4.05. The smallest absolute Gasteiger partial charge is 0.133 e. The molecule has 0 saturated carbocycles. The van der Waals surface area contributed by atoms with E-state index in [1.54, 1.807) is 0 Å². The molecule has 3 rings (SSSR count). The van der Waals surface area contributed by atoms with Crippen LogP contribution >= 0.6 is 11.2 Å². The highest BCUT2D eigenvalue weighted by atomic mass is 32.4. The van der Waals surface area contributed by atoms with Gasteiger partial charge in [-0.15, -0.1) is 11.2 Å². The zero-order valence-corrected chi connectivity index (χ0v) is 11.0. The number of piperazine rings is 1. The number of nitrogens with zero attached hydrogens (tertiary/aromatic N) is 2. The normalized spacial score (nSPS) is 27.8. The third-order valence-corrected chi connectivity index (χ3v) is 4.49. The maximum absolute atomic E-state index is 4.72. The maximum Gasteiger partial charge on any atom is 0.133 e. The molecule has 3 radical (unpaired) electrons. The zero-order valence-electron chi connectivity index (χ0n) is 9.23. The third kappa shape index (κ3) is 1.58. The van der Waals surface area contributed by atoms with Crippen molar-refractivity contribution >= 4 is 26.4 Å². The predicted octanol–water partition coefficient (Wildman–Crippen LogP) is 0.980. The molecule has 83 valence electrons. The molecule has 0 spiro atoms. The van der Waals surface area contributed by atoms with Crippen molar-refractivity contribution in [1.82, 2.24) is 10.3 Å². The third-order valence-electron chi connectivity index (χ3n) is 3.42. The van der Waals surface area contributed by atoms with Crippen LogP contribution in [0.15, 0.2) is 17.2 Å². The Kier molecular flexibility index (Phi) is 2.69. The highest BCUT2D eigenvalue weighted by Crippen LogP contribution is 2.34. The number of aromatic nitrogens is 1. The Labute approximate surface area is 103 Å². The van der Waals surface area contributed by atoms with Crippen molar-refractivity contribution in [2.45, 2.75) is 30.5 Å². The van der Waals surface area contributed by atoms with Crippen LogP contribution in [0.5, 0.6) is 0 Å². The van der Waals surface area contributed by atoms with Crippen molar-refractivity contribution < 1.29 is 0 Å². The van der Waals surface area contributed by atoms with Crippen LogP contribution in [0.2, 0.25) is 0 Å². The summed E-state index contributed by atoms with van der Waals surface area (Å²) in [4.78, 5) is 7.20. The first-order valence-electron chi connectivity index (χ1n) is 5.62. The number of nitrogens with one attached hydrogen (secondary N) is 1. The van der Waals surface area contributed by atoms with Gasteiger partial charge in [-0.2, -0.15) is 0 Å². The van der Waals surface area contributed by atoms with Crippen molar-refractivity contribution in [2.24, 2.45) is 0 Å². The summed E-state index contributed by atoms with van der Waals surface area (Å²) in [6, 6.07) is 5.45. The highest BCUT2D eigenvalue weighted by Gasteiger charge is 2.36. The van der Waals surface area contributed by atoms with Gasteiger partial charge in [0.05, 0.1) is 5.03 Å². The number of rotatable bonds is 1. The van der Waals surface area contributed by atoms with Gasteiger partial charge in [-0.25, -0.2) is 4.98 Å². The minimum atomic E-state index is 0.544. The van der Waals surface area contributed by atoms with Crippen LogP contribution in [0.1, 0.15) is 12.5 Å². The summed E-state index contributed by atoms with van der Waals surface area (Å²) in [6.07, 6.45) is 1.13. The van der Waals surface area contributed by atoms with E-state index >= 15 is 0 Å². The average Bonchev–Trinajstić information content (AvgIpc) is 2.67. The van der Waals surface area contributed by atoms with Gasteiger partial charge in [-0.3, -0.25) is 0 Å². The zero-order chi connectivity index (χ0) is 11.1. The molecule has 0 aliphatic carbocycles. The summed E-state index contributed by atoms with van der Waals surface area (Å²) < 4.78 is 0. The molecule has 0 aromatic carbocycles. The molecule has 2 atom stereocenters. The largest absolute Gasteiger partial charge is 0.348 e. The average molecular weight is 248 g/mol. The van der Waals surface area contributed by atoms with E-state index in [4.69, 9.17) is 4.98 Å². The van der Waals surface area contributed by atoms with Crippen molar-refractivity contribution in [3.63, 3.8) is 0 Å². The van der Waals surface area contributed by atoms with Gasteiger partial charge in [0.1, 0.15) is 15.2 Å². The molecule has 3 heterocycles. The minimum absolute atomic E-state index is 0.544. The van der Waals surface area contributed by atoms with Gasteiger partial charge < -0.3 is 10.2 Å². The molecule has 5 heteroatoms. The molecule has 1 N–H and O–H groups in total. The number of anilines is 1. The van der Waals surface area contributed by atoms with Crippen molar-refractivity contribution in [3.05, 3.63) is 17.7 Å². The standard InChI is InChI=1S/C11H14N3SSi/c1-7-5-12-6-9-4-8-2-3-10(15-16)13-11(8)14(7)9/h2-3,7,9,12H,4-6H2,1H3/t7-,9-/m1/s1. The molecule has 2 aliphatic rings. The Hall–Kier alpha value is -0.523. The lowest BCUT2D eigenvalue weighted by Crippen LogP contribution is -2.55. The predicted molar refractivity (Wildman–Crippen MR) is 68.2 cm³/mol. The van der Waals surface area contributed by atoms with E-state index in [-0.39, 0.29) is 0 Å². The summed E-state index contributed by atoms with van der Waals surface area (Å²) in [5.41, 5.74) is 1.39. The van der Waals surface area contributed by atoms with Gasteiger partial charge in [-0.1, -0.05) is 6.07 Å². The van der Waals surface area contributed by atoms with E-state index < -0.39 is 0 Å². The quantitative estimate of drug-likeness (QED) is 0.750. The Morgan fingerprint density at radius 2 is 2.38 bits per heavy atom. The molecule has 2 aliphatic heterocycles. The summed E-state index contributed by atoms with van der Waals surface area (Å²) in [6.45, 7) is 4.41. The van der Waals surface area contributed by atoms with Crippen LogP contribution in [-0.2, 0) is 6.42 Å². The fourth-order valence-electron chi connectivity index (χ4n) is 2.72. The molecule has 0 bridgehead atoms. The van der Waals surface area contributed by atoms with Crippen molar-refractivity contribution in [3.8, 4) is 0 Å². The molecule has 1 saturated heterocycles. The lowest BCUT2D eigenvalue weighted by molar-refractivity contribution is 0.427. The lowest BCUT2D eigenvalue weighted by Gasteiger charge is -2.37. The molecule has 1 aromatic heterocycles. The summed E-state index contributed by atoms with van der Waals surface area (Å²) >= 11 is 1.53. The number of hydrogen-bond acceptors (Lipinski definition) is 4. The van der Waals surface area contributed by atoms with Crippen LogP contribution in [0.4, 0.5) is 5.82 Å². The Bertz CT molecular complexity index is 412. The fourth-order valence-corrected chi connectivity index (χ4v) is 3.33. The lowest BCUT2D eigenvalue weighted by atomic mass is 10.1. The first-order chi connectivity index (χ1) is 7.79. The molecule has 1 fully saturated rings. The Balaban J connectivity index is 2.01. The van der Waals surface area contributed by atoms with Crippen molar-refractivity contribution in [1.29, 1.82) is 0 Å². The van der Waals surface area contributed by atoms with Crippen LogP contribution in [-0.4, -0.2) is 39.5 Å². The fraction of sp³-hybridized carbons (Fsp3) is 0.545. The van der Waals surface area contributed by atoms with Gasteiger partial charge in [0, 0.05) is 25.2 Å². The second-order valence-corrected chi connectivity index (χ2v) is 5.74. The Morgan fingerprint density at radius 1 is 1.50 bits per heavy atom. The Morgan fingerprint density at radius 3 is 3.19 bits per heavy atom. The van der Waals surface area contributed by atoms with Crippen LogP contribution in [0, 0.1) is 0 Å². The molecular weight excluding hydrogens is 234 g/mol. The first-order valence-corrected chi connectivity index (χ1v) is 7.66. The van der Waals surface area contributed by atoms with E-state index in [0.29, 0.717) is 12.1 Å². The number of hydrogen-bond donors (Lipinski definition) is 1. The molecule has 16 heavy (non-hydrogen) atoms. The first kappa shape index (κ1) is 10.6. The summed E-state index contributed by atoms with van der Waals surface area (Å²) in [7, 11) is 3.44. The van der Waals surface area contributed by atoms with Gasteiger partial charge >= 0.3 is 0 Å². The van der Waals surface area contributed by atoms with E-state index in [1.165, 1.54) is 22.6 Å². The van der Waals surface area contributed by atoms with E-state index in [0.717, 1.165) is 24.5 Å². The van der Waals surface area contributed by atoms with E-state index in [9.17, 15) is 0 Å². The van der Waals surface area contributed by atoms with E-state index in [2.05, 4.69) is 38.7 Å². The molecule has 1 aromatic rings. The van der Waals surface area contributed by atoms with Crippen LogP contribution < -0.4 is 10.2 Å². The van der Waals surface area contributed by atoms with Crippen LogP contribution in [0.25, 0.3) is 0 Å². The minimum Gasteiger partial charge on any atom is -0.348 e. The van der Waals surface area contributed by atoms with Crippen molar-refractivity contribution in [2.75, 3.05) is 18.0 Å². The summed E-state index contributed by atoms with van der Waals surface area (Å²) in [5, 5.41) is 4.53. The van der Waals surface area contributed by atoms with Gasteiger partial charge in [0.25, 0.3) is 0 Å². The number of pyridine rings is 1. The second-order valence-electron chi connectivity index (χ2n) is 4.51. The van der Waals surface area contributed by atoms with Crippen LogP contribution in [0.3, 0.4) is 0 Å². The van der Waals surface area contributed by atoms with Gasteiger partial charge in [0.15, 0.2) is 0 Å². The number of fused-ring (bicyclic) bond motifs is 3. The topological polar surface area (TPSA) is 28.2 Å². The molecular formula is C11H14N3SSi. The molecule has 3 nitrogen and oxygen atoms in total. The SMILES string of the molecule is C[C@@H]1CNC[C@H]2Cc3ccc(S[Si])nc3N21. The maximum atomic E-state index is 4.72. The van der Waals surface area contributed by atoms with Gasteiger partial charge in [0.2, 0.25) is 0 Å². The molecule has 0 amide bonds. The summed E-state index contributed by atoms with van der Waals surface area (Å²) in [5.74, 6) is 1.20. The highest BCUT2D eigenvalue weighted by molar-refractivity contribution is 8.19. The van der Waals surface area contributed by atoms with E-state index in [1.807, 2.05) is 0 Å².